The molecule has 0 bridgehead atoms. The Morgan fingerprint density at radius 2 is 1.54 bits per heavy atom. The Bertz CT molecular complexity index is 709. The van der Waals surface area contributed by atoms with Crippen LogP contribution in [0.2, 0.25) is 0 Å². The van der Waals surface area contributed by atoms with Gasteiger partial charge in [-0.3, -0.25) is 0 Å². The van der Waals surface area contributed by atoms with Crippen molar-refractivity contribution in [2.45, 2.75) is 20.8 Å². The predicted molar refractivity (Wildman–Crippen MR) is 91.5 cm³/mol. The maximum atomic E-state index is 12.4. The summed E-state index contributed by atoms with van der Waals surface area (Å²) in [5.74, 6) is 1.52. The van der Waals surface area contributed by atoms with Crippen LogP contribution in [-0.2, 0) is 0 Å². The number of carbonyl (C=O) groups excluding carboxylic acids is 1. The topological polar surface area (TPSA) is 54.0 Å². The average Bonchev–Trinajstić information content (AvgIpc) is 2.58. The molecule has 0 saturated carbocycles. The van der Waals surface area contributed by atoms with Gasteiger partial charge in [-0.05, 0) is 56.7 Å². The lowest BCUT2D eigenvalue weighted by Crippen LogP contribution is -2.10. The Morgan fingerprint density at radius 1 is 0.875 bits per heavy atom. The fourth-order valence-electron chi connectivity index (χ4n) is 2.20. The highest BCUT2D eigenvalue weighted by molar-refractivity contribution is 5.92. The molecule has 0 heterocycles. The molecule has 128 valence electrons. The molecule has 24 heavy (non-hydrogen) atoms. The standard InChI is InChI=1S/C19H22O5/c1-5-22-15-10-8-14(12-18(15)23-6-2)19(20)24-16-9-7-13(3)11-17(16)21-4/h7-12H,5-6H2,1-4H3. The first-order valence-electron chi connectivity index (χ1n) is 7.85. The number of rotatable bonds is 7. The number of ether oxygens (including phenoxy) is 4. The zero-order valence-corrected chi connectivity index (χ0v) is 14.4. The van der Waals surface area contributed by atoms with E-state index in [0.717, 1.165) is 5.56 Å². The summed E-state index contributed by atoms with van der Waals surface area (Å²) in [7, 11) is 1.54. The molecule has 0 radical (unpaired) electrons. The summed E-state index contributed by atoms with van der Waals surface area (Å²) in [5.41, 5.74) is 1.40. The summed E-state index contributed by atoms with van der Waals surface area (Å²) < 4.78 is 21.7. The van der Waals surface area contributed by atoms with Crippen LogP contribution in [0, 0.1) is 6.92 Å². The van der Waals surface area contributed by atoms with Crippen LogP contribution in [0.25, 0.3) is 0 Å². The lowest BCUT2D eigenvalue weighted by molar-refractivity contribution is 0.0729. The predicted octanol–water partition coefficient (Wildman–Crippen LogP) is 4.02. The molecule has 0 spiro atoms. The minimum atomic E-state index is -0.485. The summed E-state index contributed by atoms with van der Waals surface area (Å²) >= 11 is 0. The molecule has 2 aromatic rings. The monoisotopic (exact) mass is 330 g/mol. The molecule has 0 fully saturated rings. The van der Waals surface area contributed by atoms with Crippen molar-refractivity contribution in [2.75, 3.05) is 20.3 Å². The van der Waals surface area contributed by atoms with Crippen molar-refractivity contribution in [2.24, 2.45) is 0 Å². The van der Waals surface area contributed by atoms with E-state index >= 15 is 0 Å². The van der Waals surface area contributed by atoms with Gasteiger partial charge in [0.1, 0.15) is 0 Å². The van der Waals surface area contributed by atoms with Gasteiger partial charge in [-0.1, -0.05) is 6.07 Å². The molecular weight excluding hydrogens is 308 g/mol. The molecule has 2 rings (SSSR count). The summed E-state index contributed by atoms with van der Waals surface area (Å²) in [5, 5.41) is 0. The lowest BCUT2D eigenvalue weighted by Gasteiger charge is -2.13. The molecule has 2 aromatic carbocycles. The van der Waals surface area contributed by atoms with E-state index in [1.807, 2.05) is 32.9 Å². The lowest BCUT2D eigenvalue weighted by atomic mass is 10.2. The van der Waals surface area contributed by atoms with E-state index in [9.17, 15) is 4.79 Å². The van der Waals surface area contributed by atoms with Gasteiger partial charge in [0.2, 0.25) is 0 Å². The quantitative estimate of drug-likeness (QED) is 0.567. The SMILES string of the molecule is CCOc1ccc(C(=O)Oc2ccc(C)cc2OC)cc1OCC. The van der Waals surface area contributed by atoms with Crippen LogP contribution in [0.1, 0.15) is 29.8 Å². The van der Waals surface area contributed by atoms with E-state index in [-0.39, 0.29) is 0 Å². The van der Waals surface area contributed by atoms with E-state index < -0.39 is 5.97 Å². The van der Waals surface area contributed by atoms with Gasteiger partial charge in [0.25, 0.3) is 0 Å². The Morgan fingerprint density at radius 3 is 2.21 bits per heavy atom. The number of benzene rings is 2. The van der Waals surface area contributed by atoms with Crippen molar-refractivity contribution in [3.05, 3.63) is 47.5 Å². The van der Waals surface area contributed by atoms with Gasteiger partial charge in [-0.15, -0.1) is 0 Å². The Kier molecular flexibility index (Phi) is 6.07. The van der Waals surface area contributed by atoms with Crippen LogP contribution in [0.15, 0.2) is 36.4 Å². The van der Waals surface area contributed by atoms with Crippen molar-refractivity contribution in [3.63, 3.8) is 0 Å². The van der Waals surface area contributed by atoms with Crippen molar-refractivity contribution in [1.29, 1.82) is 0 Å². The van der Waals surface area contributed by atoms with Gasteiger partial charge in [-0.25, -0.2) is 4.79 Å². The minimum Gasteiger partial charge on any atom is -0.493 e. The smallest absolute Gasteiger partial charge is 0.343 e. The van der Waals surface area contributed by atoms with Crippen molar-refractivity contribution < 1.29 is 23.7 Å². The highest BCUT2D eigenvalue weighted by Crippen LogP contribution is 2.31. The summed E-state index contributed by atoms with van der Waals surface area (Å²) in [6, 6.07) is 10.4. The van der Waals surface area contributed by atoms with Crippen LogP contribution >= 0.6 is 0 Å². The van der Waals surface area contributed by atoms with Gasteiger partial charge < -0.3 is 18.9 Å². The average molecular weight is 330 g/mol. The third kappa shape index (κ3) is 4.19. The third-order valence-electron chi connectivity index (χ3n) is 3.30. The molecule has 0 unspecified atom stereocenters. The Balaban J connectivity index is 2.25. The van der Waals surface area contributed by atoms with E-state index in [2.05, 4.69) is 0 Å². The van der Waals surface area contributed by atoms with E-state index in [0.29, 0.717) is 41.8 Å². The second-order valence-corrected chi connectivity index (χ2v) is 5.07. The van der Waals surface area contributed by atoms with Gasteiger partial charge in [0.15, 0.2) is 23.0 Å². The fraction of sp³-hybridized carbons (Fsp3) is 0.316. The molecule has 0 atom stereocenters. The Labute approximate surface area is 142 Å². The number of carbonyl (C=O) groups is 1. The van der Waals surface area contributed by atoms with Crippen molar-refractivity contribution in [1.82, 2.24) is 0 Å². The molecule has 0 aromatic heterocycles. The minimum absolute atomic E-state index is 0.375. The number of aryl methyl sites for hydroxylation is 1. The zero-order chi connectivity index (χ0) is 17.5. The van der Waals surface area contributed by atoms with Gasteiger partial charge in [-0.2, -0.15) is 0 Å². The van der Waals surface area contributed by atoms with Crippen LogP contribution in [0.4, 0.5) is 0 Å². The van der Waals surface area contributed by atoms with Crippen LogP contribution in [0.3, 0.4) is 0 Å². The Hall–Kier alpha value is -2.69. The van der Waals surface area contributed by atoms with E-state index in [4.69, 9.17) is 18.9 Å². The highest BCUT2D eigenvalue weighted by Gasteiger charge is 2.15. The summed E-state index contributed by atoms with van der Waals surface area (Å²) in [4.78, 5) is 12.4. The van der Waals surface area contributed by atoms with Gasteiger partial charge in [0.05, 0.1) is 25.9 Å². The van der Waals surface area contributed by atoms with Gasteiger partial charge in [0, 0.05) is 0 Å². The van der Waals surface area contributed by atoms with E-state index in [1.54, 1.807) is 24.3 Å². The maximum absolute atomic E-state index is 12.4. The number of hydrogen-bond acceptors (Lipinski definition) is 5. The van der Waals surface area contributed by atoms with Crippen LogP contribution < -0.4 is 18.9 Å². The zero-order valence-electron chi connectivity index (χ0n) is 14.4. The highest BCUT2D eigenvalue weighted by atomic mass is 16.6. The summed E-state index contributed by atoms with van der Waals surface area (Å²) in [6.45, 7) is 6.70. The fourth-order valence-corrected chi connectivity index (χ4v) is 2.20. The van der Waals surface area contributed by atoms with Crippen molar-refractivity contribution >= 4 is 5.97 Å². The second kappa shape index (κ2) is 8.24. The molecule has 0 aliphatic carbocycles. The first kappa shape index (κ1) is 17.7. The first-order valence-corrected chi connectivity index (χ1v) is 7.85. The molecule has 0 aliphatic rings. The number of hydrogen-bond donors (Lipinski definition) is 0. The van der Waals surface area contributed by atoms with Crippen LogP contribution in [-0.4, -0.2) is 26.3 Å². The molecule has 5 heteroatoms. The van der Waals surface area contributed by atoms with E-state index in [1.165, 1.54) is 7.11 Å². The van der Waals surface area contributed by atoms with Crippen molar-refractivity contribution in [3.8, 4) is 23.0 Å². The molecule has 0 N–H and O–H groups in total. The molecule has 0 amide bonds. The van der Waals surface area contributed by atoms with Crippen LogP contribution in [0.5, 0.6) is 23.0 Å². The maximum Gasteiger partial charge on any atom is 0.343 e. The molecule has 0 saturated heterocycles. The number of esters is 1. The summed E-state index contributed by atoms with van der Waals surface area (Å²) in [6.07, 6.45) is 0. The molecule has 5 nitrogen and oxygen atoms in total. The first-order chi connectivity index (χ1) is 11.6. The number of methoxy groups -OCH3 is 1. The molecule has 0 aliphatic heterocycles. The van der Waals surface area contributed by atoms with Gasteiger partial charge >= 0.3 is 5.97 Å². The third-order valence-corrected chi connectivity index (χ3v) is 3.30. The molecular formula is C19H22O5. The normalized spacial score (nSPS) is 10.2. The largest absolute Gasteiger partial charge is 0.493 e. The second-order valence-electron chi connectivity index (χ2n) is 5.07.